The second-order valence-electron chi connectivity index (χ2n) is 7.17. The summed E-state index contributed by atoms with van der Waals surface area (Å²) in [7, 11) is 0. The Morgan fingerprint density at radius 2 is 1.69 bits per heavy atom. The van der Waals surface area contributed by atoms with E-state index in [0.29, 0.717) is 16.8 Å². The second kappa shape index (κ2) is 9.22. The summed E-state index contributed by atoms with van der Waals surface area (Å²) >= 11 is 0. The van der Waals surface area contributed by atoms with Crippen LogP contribution in [0.4, 0.5) is 10.1 Å². The van der Waals surface area contributed by atoms with E-state index in [2.05, 4.69) is 10.4 Å². The minimum atomic E-state index is -0.462. The first-order chi connectivity index (χ1) is 15.5. The van der Waals surface area contributed by atoms with E-state index >= 15 is 0 Å². The molecule has 0 atom stereocenters. The highest BCUT2D eigenvalue weighted by Crippen LogP contribution is 2.26. The van der Waals surface area contributed by atoms with E-state index < -0.39 is 4.92 Å². The molecule has 0 aliphatic rings. The van der Waals surface area contributed by atoms with Gasteiger partial charge in [-0.25, -0.2) is 9.07 Å². The Morgan fingerprint density at radius 1 is 1.00 bits per heavy atom. The lowest BCUT2D eigenvalue weighted by Gasteiger charge is -2.06. The van der Waals surface area contributed by atoms with Crippen LogP contribution >= 0.6 is 0 Å². The number of aromatic nitrogens is 2. The maximum absolute atomic E-state index is 13.1. The lowest BCUT2D eigenvalue weighted by atomic mass is 10.1. The minimum Gasteiger partial charge on any atom is -0.352 e. The predicted octanol–water partition coefficient (Wildman–Crippen LogP) is 4.45. The molecule has 0 radical (unpaired) electrons. The Morgan fingerprint density at radius 3 is 2.34 bits per heavy atom. The van der Waals surface area contributed by atoms with Crippen LogP contribution in [-0.2, 0) is 17.8 Å². The molecule has 7 nitrogen and oxygen atoms in total. The average Bonchev–Trinajstić information content (AvgIpc) is 3.23. The number of carbonyl (C=O) groups excluding carboxylic acids is 1. The Balaban J connectivity index is 1.59. The average molecular weight is 430 g/mol. The van der Waals surface area contributed by atoms with E-state index in [-0.39, 0.29) is 30.4 Å². The Labute approximate surface area is 183 Å². The van der Waals surface area contributed by atoms with Gasteiger partial charge in [-0.15, -0.1) is 0 Å². The quantitative estimate of drug-likeness (QED) is 0.347. The Kier molecular flexibility index (Phi) is 6.03. The summed E-state index contributed by atoms with van der Waals surface area (Å²) < 4.78 is 14.7. The third-order valence-electron chi connectivity index (χ3n) is 4.92. The number of nitrogens with zero attached hydrogens (tertiary/aromatic N) is 3. The molecule has 1 heterocycles. The van der Waals surface area contributed by atoms with Gasteiger partial charge >= 0.3 is 0 Å². The van der Waals surface area contributed by atoms with Crippen molar-refractivity contribution in [2.75, 3.05) is 0 Å². The van der Waals surface area contributed by atoms with Gasteiger partial charge in [0.05, 0.1) is 22.7 Å². The number of carbonyl (C=O) groups is 1. The van der Waals surface area contributed by atoms with E-state index in [1.54, 1.807) is 35.1 Å². The molecule has 1 N–H and O–H groups in total. The molecule has 0 saturated carbocycles. The number of hydrogen-bond donors (Lipinski definition) is 1. The first-order valence-corrected chi connectivity index (χ1v) is 9.89. The molecular weight excluding hydrogens is 411 g/mol. The summed E-state index contributed by atoms with van der Waals surface area (Å²) in [5.74, 6) is -0.550. The van der Waals surface area contributed by atoms with Crippen molar-refractivity contribution in [3.63, 3.8) is 0 Å². The largest absolute Gasteiger partial charge is 0.352 e. The molecule has 0 spiro atoms. The van der Waals surface area contributed by atoms with Gasteiger partial charge in [-0.2, -0.15) is 5.10 Å². The lowest BCUT2D eigenvalue weighted by Crippen LogP contribution is -2.24. The Bertz CT molecular complexity index is 1240. The lowest BCUT2D eigenvalue weighted by molar-refractivity contribution is -0.384. The molecule has 0 aliphatic carbocycles. The first-order valence-electron chi connectivity index (χ1n) is 9.89. The highest BCUT2D eigenvalue weighted by atomic mass is 19.1. The molecule has 160 valence electrons. The third kappa shape index (κ3) is 4.86. The van der Waals surface area contributed by atoms with Crippen LogP contribution in [0.1, 0.15) is 11.1 Å². The molecule has 4 aromatic rings. The fraction of sp³-hybridized carbons (Fsp3) is 0.0833. The van der Waals surface area contributed by atoms with E-state index in [0.717, 1.165) is 11.3 Å². The monoisotopic (exact) mass is 430 g/mol. The smallest absolute Gasteiger partial charge is 0.269 e. The summed E-state index contributed by atoms with van der Waals surface area (Å²) in [6.07, 6.45) is 1.85. The van der Waals surface area contributed by atoms with Gasteiger partial charge < -0.3 is 5.32 Å². The molecule has 0 unspecified atom stereocenters. The highest BCUT2D eigenvalue weighted by molar-refractivity contribution is 5.81. The van der Waals surface area contributed by atoms with Gasteiger partial charge in [-0.3, -0.25) is 14.9 Å². The summed E-state index contributed by atoms with van der Waals surface area (Å²) in [6, 6.07) is 21.4. The van der Waals surface area contributed by atoms with Crippen LogP contribution in [0.2, 0.25) is 0 Å². The van der Waals surface area contributed by atoms with Gasteiger partial charge in [0, 0.05) is 36.0 Å². The molecule has 1 aromatic heterocycles. The fourth-order valence-corrected chi connectivity index (χ4v) is 3.27. The van der Waals surface area contributed by atoms with Crippen LogP contribution in [-0.4, -0.2) is 20.6 Å². The van der Waals surface area contributed by atoms with Crippen LogP contribution in [0.25, 0.3) is 16.9 Å². The van der Waals surface area contributed by atoms with Crippen molar-refractivity contribution in [3.8, 4) is 16.9 Å². The van der Waals surface area contributed by atoms with Crippen LogP contribution in [0.15, 0.2) is 85.1 Å². The van der Waals surface area contributed by atoms with E-state index in [9.17, 15) is 19.3 Å². The zero-order valence-corrected chi connectivity index (χ0v) is 16.9. The molecule has 0 aliphatic heterocycles. The van der Waals surface area contributed by atoms with Crippen LogP contribution < -0.4 is 5.32 Å². The standard InChI is InChI=1S/C24H19FN4O3/c25-20-10-6-17(7-11-20)15-26-23(30)14-19-16-28(21-4-2-1-3-5-21)27-24(19)18-8-12-22(13-9-18)29(31)32/h1-13,16H,14-15H2,(H,26,30). The number of nitro benzene ring substituents is 1. The highest BCUT2D eigenvalue weighted by Gasteiger charge is 2.16. The second-order valence-corrected chi connectivity index (χ2v) is 7.17. The Hall–Kier alpha value is -4.33. The van der Waals surface area contributed by atoms with Crippen molar-refractivity contribution in [1.29, 1.82) is 0 Å². The molecule has 3 aromatic carbocycles. The van der Waals surface area contributed by atoms with Gasteiger partial charge in [0.15, 0.2) is 0 Å². The zero-order chi connectivity index (χ0) is 22.5. The number of halogens is 1. The van der Waals surface area contributed by atoms with E-state index in [1.807, 2.05) is 30.3 Å². The van der Waals surface area contributed by atoms with Gasteiger partial charge in [-0.05, 0) is 42.0 Å². The third-order valence-corrected chi connectivity index (χ3v) is 4.92. The molecule has 8 heteroatoms. The molecule has 0 fully saturated rings. The first kappa shape index (κ1) is 20.9. The number of rotatable bonds is 7. The summed E-state index contributed by atoms with van der Waals surface area (Å²) in [4.78, 5) is 23.1. The molecule has 32 heavy (non-hydrogen) atoms. The van der Waals surface area contributed by atoms with Crippen LogP contribution in [0.5, 0.6) is 0 Å². The molecule has 1 amide bonds. The van der Waals surface area contributed by atoms with Crippen molar-refractivity contribution in [2.24, 2.45) is 0 Å². The fourth-order valence-electron chi connectivity index (χ4n) is 3.27. The number of nitro groups is 1. The van der Waals surface area contributed by atoms with E-state index in [1.165, 1.54) is 24.3 Å². The van der Waals surface area contributed by atoms with E-state index in [4.69, 9.17) is 0 Å². The number of para-hydroxylation sites is 1. The summed E-state index contributed by atoms with van der Waals surface area (Å²) in [6.45, 7) is 0.277. The number of hydrogen-bond acceptors (Lipinski definition) is 4. The number of amides is 1. The normalized spacial score (nSPS) is 10.7. The van der Waals surface area contributed by atoms with Gasteiger partial charge in [0.1, 0.15) is 5.82 Å². The maximum atomic E-state index is 13.1. The predicted molar refractivity (Wildman–Crippen MR) is 118 cm³/mol. The van der Waals surface area contributed by atoms with Gasteiger partial charge in [0.2, 0.25) is 5.91 Å². The van der Waals surface area contributed by atoms with Crippen LogP contribution in [0, 0.1) is 15.9 Å². The van der Waals surface area contributed by atoms with Gasteiger partial charge in [0.25, 0.3) is 5.69 Å². The minimum absolute atomic E-state index is 0.0187. The van der Waals surface area contributed by atoms with Crippen molar-refractivity contribution in [3.05, 3.63) is 112 Å². The van der Waals surface area contributed by atoms with Crippen LogP contribution in [0.3, 0.4) is 0 Å². The molecule has 0 saturated heterocycles. The molecular formula is C24H19FN4O3. The van der Waals surface area contributed by atoms with Crippen molar-refractivity contribution < 1.29 is 14.1 Å². The molecule has 4 rings (SSSR count). The summed E-state index contributed by atoms with van der Waals surface area (Å²) in [5.41, 5.74) is 3.52. The van der Waals surface area contributed by atoms with Gasteiger partial charge in [-0.1, -0.05) is 30.3 Å². The zero-order valence-electron chi connectivity index (χ0n) is 16.9. The number of nitrogens with one attached hydrogen (secondary N) is 1. The summed E-state index contributed by atoms with van der Waals surface area (Å²) in [5, 5.41) is 18.4. The van der Waals surface area contributed by atoms with Crippen molar-refractivity contribution in [2.45, 2.75) is 13.0 Å². The topological polar surface area (TPSA) is 90.1 Å². The maximum Gasteiger partial charge on any atom is 0.269 e. The SMILES string of the molecule is O=C(Cc1cn(-c2ccccc2)nc1-c1ccc([N+](=O)[O-])cc1)NCc1ccc(F)cc1. The number of non-ortho nitro benzene ring substituents is 1. The van der Waals surface area contributed by atoms with Crippen molar-refractivity contribution in [1.82, 2.24) is 15.1 Å². The number of benzene rings is 3. The van der Waals surface area contributed by atoms with Crippen molar-refractivity contribution >= 4 is 11.6 Å². The molecule has 0 bridgehead atoms.